The molecule has 3 N–H and O–H groups in total. The van der Waals surface area contributed by atoms with E-state index in [4.69, 9.17) is 14.2 Å². The molecular weight excluding hydrogens is 338 g/mol. The van der Waals surface area contributed by atoms with Crippen LogP contribution < -0.4 is 19.5 Å². The molecule has 0 heterocycles. The number of ether oxygens (including phenoxy) is 3. The molecule has 0 amide bonds. The Balaban J connectivity index is 2.67. The number of aromatic carboxylic acids is 1. The van der Waals surface area contributed by atoms with Gasteiger partial charge in [0.2, 0.25) is 0 Å². The number of hydrogen-bond acceptors (Lipinski definition) is 6. The zero-order chi connectivity index (χ0) is 19.0. The van der Waals surface area contributed by atoms with Crippen LogP contribution in [0.25, 0.3) is 21.5 Å². The van der Waals surface area contributed by atoms with Crippen molar-refractivity contribution in [3.05, 3.63) is 29.8 Å². The Kier molecular flexibility index (Phi) is 4.38. The molecule has 3 aromatic rings. The summed E-state index contributed by atoms with van der Waals surface area (Å²) in [5.41, 5.74) is 0.673. The van der Waals surface area contributed by atoms with Crippen LogP contribution in [0, 0.1) is 0 Å². The Labute approximate surface area is 149 Å². The molecule has 0 saturated heterocycles. The molecule has 0 aliphatic rings. The zero-order valence-corrected chi connectivity index (χ0v) is 14.8. The van der Waals surface area contributed by atoms with E-state index in [9.17, 15) is 15.0 Å². The molecule has 136 valence electrons. The third kappa shape index (κ3) is 2.48. The number of phenolic OH excluding ortho intramolecular Hbond substituents is 1. The van der Waals surface area contributed by atoms with Gasteiger partial charge in [0.25, 0.3) is 0 Å². The number of nitrogens with one attached hydrogen (secondary N) is 1. The van der Waals surface area contributed by atoms with Crippen LogP contribution >= 0.6 is 0 Å². The normalized spacial score (nSPS) is 10.8. The van der Waals surface area contributed by atoms with Crippen LogP contribution in [0.3, 0.4) is 0 Å². The molecule has 0 aliphatic heterocycles. The molecule has 0 aliphatic carbocycles. The number of carboxylic acid groups (broad SMARTS) is 1. The summed E-state index contributed by atoms with van der Waals surface area (Å²) < 4.78 is 16.1. The lowest BCUT2D eigenvalue weighted by atomic mass is 9.94. The maximum absolute atomic E-state index is 11.9. The van der Waals surface area contributed by atoms with E-state index in [-0.39, 0.29) is 17.1 Å². The van der Waals surface area contributed by atoms with Crippen molar-refractivity contribution in [3.8, 4) is 23.0 Å². The molecule has 0 saturated carbocycles. The van der Waals surface area contributed by atoms with Gasteiger partial charge in [0.15, 0.2) is 23.0 Å². The monoisotopic (exact) mass is 357 g/mol. The fourth-order valence-electron chi connectivity index (χ4n) is 3.21. The Morgan fingerprint density at radius 1 is 0.962 bits per heavy atom. The lowest BCUT2D eigenvalue weighted by molar-refractivity contribution is 0.0698. The topological polar surface area (TPSA) is 97.3 Å². The summed E-state index contributed by atoms with van der Waals surface area (Å²) in [4.78, 5) is 11.9. The number of anilines is 1. The quantitative estimate of drug-likeness (QED) is 0.602. The van der Waals surface area contributed by atoms with E-state index in [0.29, 0.717) is 38.7 Å². The van der Waals surface area contributed by atoms with Gasteiger partial charge in [-0.15, -0.1) is 0 Å². The molecular formula is C19H19NO6. The van der Waals surface area contributed by atoms with Gasteiger partial charge in [-0.2, -0.15) is 0 Å². The SMILES string of the molecule is CNc1cc2cc(O)c(OC)cc2c2c(OC)c(OC)cc(C(=O)O)c12. The standard InChI is InChI=1S/C19H19NO6/c1-20-12-5-9-6-13(21)14(24-2)7-10(9)17-16(12)11(19(22)23)8-15(25-3)18(17)26-4/h5-8,20-21H,1-4H3,(H,22,23). The predicted octanol–water partition coefficient (Wildman–Crippen LogP) is 3.46. The first-order valence-corrected chi connectivity index (χ1v) is 7.80. The summed E-state index contributed by atoms with van der Waals surface area (Å²) in [6, 6.07) is 6.43. The highest BCUT2D eigenvalue weighted by molar-refractivity contribution is 6.22. The number of aromatic hydroxyl groups is 1. The number of methoxy groups -OCH3 is 3. The molecule has 7 nitrogen and oxygen atoms in total. The minimum atomic E-state index is -1.09. The summed E-state index contributed by atoms with van der Waals surface area (Å²) in [5.74, 6) is -0.113. The molecule has 0 atom stereocenters. The van der Waals surface area contributed by atoms with Crippen LogP contribution in [0.1, 0.15) is 10.4 Å². The number of benzene rings is 3. The lowest BCUT2D eigenvalue weighted by Crippen LogP contribution is -2.04. The Hall–Kier alpha value is -3.35. The van der Waals surface area contributed by atoms with Crippen molar-refractivity contribution in [1.82, 2.24) is 0 Å². The van der Waals surface area contributed by atoms with Crippen LogP contribution in [0.5, 0.6) is 23.0 Å². The van der Waals surface area contributed by atoms with Gasteiger partial charge in [-0.1, -0.05) is 0 Å². The van der Waals surface area contributed by atoms with E-state index >= 15 is 0 Å². The molecule has 0 radical (unpaired) electrons. The summed E-state index contributed by atoms with van der Waals surface area (Å²) in [6.45, 7) is 0. The highest BCUT2D eigenvalue weighted by Crippen LogP contribution is 2.46. The van der Waals surface area contributed by atoms with Gasteiger partial charge in [0.05, 0.1) is 26.9 Å². The number of fused-ring (bicyclic) bond motifs is 3. The number of phenols is 1. The van der Waals surface area contributed by atoms with Crippen LogP contribution in [-0.2, 0) is 0 Å². The van der Waals surface area contributed by atoms with Crippen molar-refractivity contribution < 1.29 is 29.2 Å². The fraction of sp³-hybridized carbons (Fsp3) is 0.211. The maximum Gasteiger partial charge on any atom is 0.336 e. The van der Waals surface area contributed by atoms with Gasteiger partial charge in [-0.05, 0) is 35.0 Å². The second kappa shape index (κ2) is 6.51. The van der Waals surface area contributed by atoms with E-state index in [1.165, 1.54) is 27.4 Å². The highest BCUT2D eigenvalue weighted by atomic mass is 16.5. The first-order chi connectivity index (χ1) is 12.5. The van der Waals surface area contributed by atoms with Gasteiger partial charge >= 0.3 is 5.97 Å². The third-order valence-electron chi connectivity index (χ3n) is 4.36. The van der Waals surface area contributed by atoms with Crippen LogP contribution in [-0.4, -0.2) is 44.6 Å². The number of carbonyl (C=O) groups is 1. The summed E-state index contributed by atoms with van der Waals surface area (Å²) in [6.07, 6.45) is 0. The molecule has 0 bridgehead atoms. The maximum atomic E-state index is 11.9. The Bertz CT molecular complexity index is 1030. The predicted molar refractivity (Wildman–Crippen MR) is 99.3 cm³/mol. The van der Waals surface area contributed by atoms with Gasteiger partial charge < -0.3 is 29.7 Å². The second-order valence-corrected chi connectivity index (χ2v) is 5.63. The molecule has 7 heteroatoms. The molecule has 3 rings (SSSR count). The zero-order valence-electron chi connectivity index (χ0n) is 14.8. The van der Waals surface area contributed by atoms with Crippen LogP contribution in [0.4, 0.5) is 5.69 Å². The van der Waals surface area contributed by atoms with Gasteiger partial charge in [0.1, 0.15) is 0 Å². The smallest absolute Gasteiger partial charge is 0.336 e. The second-order valence-electron chi connectivity index (χ2n) is 5.63. The average Bonchev–Trinajstić information content (AvgIpc) is 2.64. The average molecular weight is 357 g/mol. The fourth-order valence-corrected chi connectivity index (χ4v) is 3.21. The number of hydrogen-bond donors (Lipinski definition) is 3. The van der Waals surface area contributed by atoms with Crippen LogP contribution in [0.2, 0.25) is 0 Å². The van der Waals surface area contributed by atoms with Gasteiger partial charge in [-0.3, -0.25) is 0 Å². The van der Waals surface area contributed by atoms with Crippen molar-refractivity contribution in [2.75, 3.05) is 33.7 Å². The highest BCUT2D eigenvalue weighted by Gasteiger charge is 2.23. The number of rotatable bonds is 5. The minimum Gasteiger partial charge on any atom is -0.504 e. The Morgan fingerprint density at radius 2 is 1.65 bits per heavy atom. The van der Waals surface area contributed by atoms with Gasteiger partial charge in [-0.25, -0.2) is 4.79 Å². The largest absolute Gasteiger partial charge is 0.504 e. The molecule has 0 aromatic heterocycles. The minimum absolute atomic E-state index is 0.0123. The van der Waals surface area contributed by atoms with Crippen molar-refractivity contribution >= 4 is 33.2 Å². The molecule has 26 heavy (non-hydrogen) atoms. The van der Waals surface area contributed by atoms with Crippen molar-refractivity contribution in [2.45, 2.75) is 0 Å². The first kappa shape index (κ1) is 17.5. The summed E-state index contributed by atoms with van der Waals surface area (Å²) in [7, 11) is 6.09. The molecule has 0 unspecified atom stereocenters. The third-order valence-corrected chi connectivity index (χ3v) is 4.36. The summed E-state index contributed by atoms with van der Waals surface area (Å²) >= 11 is 0. The van der Waals surface area contributed by atoms with Crippen molar-refractivity contribution in [3.63, 3.8) is 0 Å². The van der Waals surface area contributed by atoms with E-state index in [0.717, 1.165) is 0 Å². The lowest BCUT2D eigenvalue weighted by Gasteiger charge is -2.18. The van der Waals surface area contributed by atoms with E-state index in [2.05, 4.69) is 5.32 Å². The Morgan fingerprint density at radius 3 is 2.19 bits per heavy atom. The van der Waals surface area contributed by atoms with Crippen LogP contribution in [0.15, 0.2) is 24.3 Å². The van der Waals surface area contributed by atoms with Crippen molar-refractivity contribution in [2.24, 2.45) is 0 Å². The molecule has 3 aromatic carbocycles. The van der Waals surface area contributed by atoms with E-state index < -0.39 is 5.97 Å². The molecule has 0 spiro atoms. The van der Waals surface area contributed by atoms with Gasteiger partial charge in [0, 0.05) is 23.5 Å². The number of carboxylic acids is 1. The summed E-state index contributed by atoms with van der Waals surface area (Å²) in [5, 5.41) is 25.3. The van der Waals surface area contributed by atoms with E-state index in [1.54, 1.807) is 25.2 Å². The first-order valence-electron chi connectivity index (χ1n) is 7.80. The van der Waals surface area contributed by atoms with Crippen molar-refractivity contribution in [1.29, 1.82) is 0 Å². The molecule has 0 fully saturated rings. The van der Waals surface area contributed by atoms with E-state index in [1.807, 2.05) is 0 Å².